The van der Waals surface area contributed by atoms with E-state index < -0.39 is 14.9 Å². The Bertz CT molecular complexity index is 1110. The lowest BCUT2D eigenvalue weighted by atomic mass is 10.0. The minimum atomic E-state index is -3.79. The summed E-state index contributed by atoms with van der Waals surface area (Å²) in [6.07, 6.45) is 1.77. The number of aryl methyl sites for hydroxylation is 1. The summed E-state index contributed by atoms with van der Waals surface area (Å²) in [7, 11) is -3.79. The fraction of sp³-hybridized carbons (Fsp3) is 0.565. The Morgan fingerprint density at radius 3 is 2.62 bits per heavy atom. The van der Waals surface area contributed by atoms with Crippen LogP contribution in [0.15, 0.2) is 39.6 Å². The molecule has 34 heavy (non-hydrogen) atoms. The number of hydrogen-bond donors (Lipinski definition) is 1. The van der Waals surface area contributed by atoms with Crippen LogP contribution in [0.1, 0.15) is 37.3 Å². The van der Waals surface area contributed by atoms with Gasteiger partial charge in [0, 0.05) is 38.8 Å². The van der Waals surface area contributed by atoms with Gasteiger partial charge >= 0.3 is 0 Å². The third-order valence-electron chi connectivity index (χ3n) is 6.49. The number of hydrogen-bond acceptors (Lipinski definition) is 8. The number of ether oxygens (including phenoxy) is 1. The smallest absolute Gasteiger partial charge is 0.293 e. The second-order valence-electron chi connectivity index (χ2n) is 9.04. The molecule has 4 rings (SSSR count). The number of sulfonamides is 1. The van der Waals surface area contributed by atoms with Gasteiger partial charge < -0.3 is 14.5 Å². The minimum absolute atomic E-state index is 0.0507. The van der Waals surface area contributed by atoms with Crippen LogP contribution in [0.5, 0.6) is 0 Å². The molecular formula is C23H32N4O6S. The highest BCUT2D eigenvalue weighted by Gasteiger charge is 2.31. The molecule has 1 N–H and O–H groups in total. The van der Waals surface area contributed by atoms with Gasteiger partial charge in [-0.2, -0.15) is 4.31 Å². The highest BCUT2D eigenvalue weighted by molar-refractivity contribution is 7.89. The second-order valence-corrected chi connectivity index (χ2v) is 11.0. The Labute approximate surface area is 200 Å². The molecular weight excluding hydrogens is 460 g/mol. The standard InChI is InChI=1S/C23H32N4O6S/c1-17-4-3-9-26(16-17)34(30,31)19-6-7-20(21(14-19)27(28)29)24-15-22(23-8-5-18(2)33-23)25-10-12-32-13-11-25/h5-8,14,17,22,24H,3-4,9-13,15-16H2,1-2H3/t17-,22-/m1/s1. The van der Waals surface area contributed by atoms with E-state index >= 15 is 0 Å². The maximum Gasteiger partial charge on any atom is 0.293 e. The molecule has 0 unspecified atom stereocenters. The van der Waals surface area contributed by atoms with Gasteiger partial charge in [-0.25, -0.2) is 8.42 Å². The minimum Gasteiger partial charge on any atom is -0.465 e. The molecule has 1 aromatic heterocycles. The van der Waals surface area contributed by atoms with Crippen molar-refractivity contribution in [2.24, 2.45) is 5.92 Å². The van der Waals surface area contributed by atoms with Gasteiger partial charge in [0.25, 0.3) is 5.69 Å². The van der Waals surface area contributed by atoms with Crippen LogP contribution in [-0.2, 0) is 14.8 Å². The van der Waals surface area contributed by atoms with E-state index in [4.69, 9.17) is 9.15 Å². The number of nitrogens with zero attached hydrogens (tertiary/aromatic N) is 3. The van der Waals surface area contributed by atoms with Crippen LogP contribution < -0.4 is 5.32 Å². The molecule has 2 fully saturated rings. The Balaban J connectivity index is 1.56. The number of rotatable bonds is 8. The lowest BCUT2D eigenvalue weighted by Crippen LogP contribution is -2.41. The van der Waals surface area contributed by atoms with Crippen LogP contribution >= 0.6 is 0 Å². The summed E-state index contributed by atoms with van der Waals surface area (Å²) in [6, 6.07) is 7.77. The normalized spacial score (nSPS) is 21.3. The van der Waals surface area contributed by atoms with E-state index in [1.165, 1.54) is 16.4 Å². The van der Waals surface area contributed by atoms with Crippen molar-refractivity contribution in [1.82, 2.24) is 9.21 Å². The van der Waals surface area contributed by atoms with E-state index in [0.717, 1.165) is 43.5 Å². The lowest BCUT2D eigenvalue weighted by Gasteiger charge is -2.33. The average Bonchev–Trinajstić information content (AvgIpc) is 3.25. The predicted molar refractivity (Wildman–Crippen MR) is 127 cm³/mol. The first kappa shape index (κ1) is 24.6. The van der Waals surface area contributed by atoms with Crippen molar-refractivity contribution in [3.05, 3.63) is 52.0 Å². The zero-order valence-corrected chi connectivity index (χ0v) is 20.4. The third-order valence-corrected chi connectivity index (χ3v) is 8.35. The van der Waals surface area contributed by atoms with Gasteiger partial charge in [0.15, 0.2) is 0 Å². The lowest BCUT2D eigenvalue weighted by molar-refractivity contribution is -0.384. The average molecular weight is 493 g/mol. The summed E-state index contributed by atoms with van der Waals surface area (Å²) in [5.74, 6) is 1.83. The second kappa shape index (κ2) is 10.4. The van der Waals surface area contributed by atoms with Crippen molar-refractivity contribution in [2.45, 2.75) is 37.6 Å². The Kier molecular flexibility index (Phi) is 7.56. The molecule has 0 bridgehead atoms. The number of nitro groups is 1. The number of piperidine rings is 1. The van der Waals surface area contributed by atoms with Gasteiger partial charge in [-0.15, -0.1) is 0 Å². The van der Waals surface area contributed by atoms with Crippen molar-refractivity contribution < 1.29 is 22.5 Å². The van der Waals surface area contributed by atoms with Gasteiger partial charge in [0.1, 0.15) is 17.2 Å². The molecule has 0 spiro atoms. The van der Waals surface area contributed by atoms with Gasteiger partial charge in [0.2, 0.25) is 10.0 Å². The zero-order valence-electron chi connectivity index (χ0n) is 19.6. The summed E-state index contributed by atoms with van der Waals surface area (Å²) >= 11 is 0. The molecule has 0 saturated carbocycles. The van der Waals surface area contributed by atoms with Gasteiger partial charge in [-0.05, 0) is 49.9 Å². The van der Waals surface area contributed by atoms with Gasteiger partial charge in [0.05, 0.1) is 29.1 Å². The fourth-order valence-electron chi connectivity index (χ4n) is 4.62. The molecule has 2 saturated heterocycles. The Morgan fingerprint density at radius 2 is 1.97 bits per heavy atom. The zero-order chi connectivity index (χ0) is 24.3. The summed E-state index contributed by atoms with van der Waals surface area (Å²) in [5, 5.41) is 15.0. The number of nitro benzene ring substituents is 1. The maximum absolute atomic E-state index is 13.1. The molecule has 2 atom stereocenters. The number of nitrogens with one attached hydrogen (secondary N) is 1. The van der Waals surface area contributed by atoms with Crippen molar-refractivity contribution in [2.75, 3.05) is 51.3 Å². The molecule has 186 valence electrons. The maximum atomic E-state index is 13.1. The van der Waals surface area contributed by atoms with E-state index in [0.29, 0.717) is 32.8 Å². The molecule has 3 heterocycles. The van der Waals surface area contributed by atoms with E-state index in [1.807, 2.05) is 26.0 Å². The number of furan rings is 1. The molecule has 11 heteroatoms. The first-order valence-corrected chi connectivity index (χ1v) is 13.1. The molecule has 0 amide bonds. The number of anilines is 1. The SMILES string of the molecule is Cc1ccc([C@@H](CNc2ccc(S(=O)(=O)N3CCC[C@@H](C)C3)cc2[N+](=O)[O-])N2CCOCC2)o1. The topological polar surface area (TPSA) is 118 Å². The molecule has 2 aliphatic heterocycles. The molecule has 0 radical (unpaired) electrons. The van der Waals surface area contributed by atoms with Crippen molar-refractivity contribution >= 4 is 21.4 Å². The van der Waals surface area contributed by atoms with E-state index in [-0.39, 0.29) is 28.2 Å². The van der Waals surface area contributed by atoms with E-state index in [9.17, 15) is 18.5 Å². The first-order chi connectivity index (χ1) is 16.3. The van der Waals surface area contributed by atoms with Crippen molar-refractivity contribution in [3.8, 4) is 0 Å². The highest BCUT2D eigenvalue weighted by Crippen LogP contribution is 2.32. The van der Waals surface area contributed by atoms with Crippen molar-refractivity contribution in [1.29, 1.82) is 0 Å². The summed E-state index contributed by atoms with van der Waals surface area (Å²) in [4.78, 5) is 13.5. The van der Waals surface area contributed by atoms with Crippen LogP contribution in [0.25, 0.3) is 0 Å². The van der Waals surface area contributed by atoms with Crippen LogP contribution in [0.3, 0.4) is 0 Å². The predicted octanol–water partition coefficient (Wildman–Crippen LogP) is 3.40. The third kappa shape index (κ3) is 5.43. The van der Waals surface area contributed by atoms with Crippen molar-refractivity contribution in [3.63, 3.8) is 0 Å². The van der Waals surface area contributed by atoms with Crippen LogP contribution in [-0.4, -0.2) is 68.5 Å². The van der Waals surface area contributed by atoms with Crippen LogP contribution in [0, 0.1) is 23.0 Å². The number of benzene rings is 1. The summed E-state index contributed by atoms with van der Waals surface area (Å²) in [6.45, 7) is 7.78. The largest absolute Gasteiger partial charge is 0.465 e. The molecule has 0 aliphatic carbocycles. The molecule has 1 aromatic carbocycles. The Hall–Kier alpha value is -2.47. The van der Waals surface area contributed by atoms with Gasteiger partial charge in [-0.3, -0.25) is 15.0 Å². The fourth-order valence-corrected chi connectivity index (χ4v) is 6.24. The molecule has 2 aliphatic rings. The highest BCUT2D eigenvalue weighted by atomic mass is 32.2. The number of morpholine rings is 1. The first-order valence-electron chi connectivity index (χ1n) is 11.7. The molecule has 2 aromatic rings. The summed E-state index contributed by atoms with van der Waals surface area (Å²) < 4.78 is 39.0. The van der Waals surface area contributed by atoms with Crippen LogP contribution in [0.2, 0.25) is 0 Å². The molecule has 10 nitrogen and oxygen atoms in total. The Morgan fingerprint density at radius 1 is 1.21 bits per heavy atom. The van der Waals surface area contributed by atoms with Gasteiger partial charge in [-0.1, -0.05) is 6.92 Å². The van der Waals surface area contributed by atoms with E-state index in [1.54, 1.807) is 0 Å². The summed E-state index contributed by atoms with van der Waals surface area (Å²) in [5.41, 5.74) is 0.0139. The van der Waals surface area contributed by atoms with Crippen LogP contribution in [0.4, 0.5) is 11.4 Å². The quantitative estimate of drug-likeness (QED) is 0.440. The van der Waals surface area contributed by atoms with E-state index in [2.05, 4.69) is 10.2 Å². The monoisotopic (exact) mass is 492 g/mol.